The van der Waals surface area contributed by atoms with Gasteiger partial charge in [-0.2, -0.15) is 0 Å². The van der Waals surface area contributed by atoms with Gasteiger partial charge in [0, 0.05) is 18.7 Å². The number of aromatic amines is 1. The lowest BCUT2D eigenvalue weighted by Crippen LogP contribution is -2.40. The maximum atomic E-state index is 11.6. The zero-order chi connectivity index (χ0) is 12.6. The summed E-state index contributed by atoms with van der Waals surface area (Å²) in [6.07, 6.45) is -0.119. The highest BCUT2D eigenvalue weighted by molar-refractivity contribution is 14.1. The van der Waals surface area contributed by atoms with E-state index < -0.39 is 27.2 Å². The molecule has 0 saturated carbocycles. The van der Waals surface area contributed by atoms with E-state index in [1.54, 1.807) is 0 Å². The minimum atomic E-state index is -1.09. The number of halogens is 1. The molecule has 0 bridgehead atoms. The van der Waals surface area contributed by atoms with Crippen molar-refractivity contribution in [3.05, 3.63) is 33.1 Å². The molecule has 1 aromatic rings. The van der Waals surface area contributed by atoms with Crippen molar-refractivity contribution in [3.63, 3.8) is 0 Å². The third kappa shape index (κ3) is 2.30. The average Bonchev–Trinajstić information content (AvgIpc) is 2.54. The Morgan fingerprint density at radius 3 is 2.88 bits per heavy atom. The summed E-state index contributed by atoms with van der Waals surface area (Å²) < 4.78 is 5.54. The molecular weight excluding hydrogens is 340 g/mol. The topological polar surface area (TPSA) is 105 Å². The van der Waals surface area contributed by atoms with Gasteiger partial charge >= 0.3 is 5.69 Å². The molecule has 3 N–H and O–H groups in total. The Morgan fingerprint density at radius 1 is 1.65 bits per heavy atom. The summed E-state index contributed by atoms with van der Waals surface area (Å²) in [6, 6.07) is 1.20. The molecule has 1 aliphatic heterocycles. The van der Waals surface area contributed by atoms with Crippen LogP contribution in [0.25, 0.3) is 0 Å². The third-order valence-corrected chi connectivity index (χ3v) is 3.80. The van der Waals surface area contributed by atoms with Crippen LogP contribution in [0.2, 0.25) is 0 Å². The van der Waals surface area contributed by atoms with E-state index in [0.29, 0.717) is 0 Å². The fraction of sp³-hybridized carbons (Fsp3) is 0.556. The molecule has 0 spiro atoms. The number of nitrogens with zero attached hydrogens (tertiary/aromatic N) is 1. The summed E-state index contributed by atoms with van der Waals surface area (Å²) >= 11 is 1.87. The van der Waals surface area contributed by atoms with E-state index in [4.69, 9.17) is 9.84 Å². The number of ether oxygens (including phenoxy) is 1. The van der Waals surface area contributed by atoms with Gasteiger partial charge in [0.2, 0.25) is 3.73 Å². The van der Waals surface area contributed by atoms with E-state index in [9.17, 15) is 14.7 Å². The van der Waals surface area contributed by atoms with Crippen LogP contribution in [0.15, 0.2) is 21.9 Å². The van der Waals surface area contributed by atoms with Gasteiger partial charge < -0.3 is 14.9 Å². The second-order valence-corrected chi connectivity index (χ2v) is 5.47. The van der Waals surface area contributed by atoms with E-state index in [1.807, 2.05) is 22.6 Å². The van der Waals surface area contributed by atoms with Crippen molar-refractivity contribution in [3.8, 4) is 0 Å². The summed E-state index contributed by atoms with van der Waals surface area (Å²) in [6.45, 7) is -0.329. The van der Waals surface area contributed by atoms with Crippen LogP contribution in [-0.2, 0) is 8.47 Å². The van der Waals surface area contributed by atoms with Gasteiger partial charge in [0.25, 0.3) is 5.56 Å². The molecule has 17 heavy (non-hydrogen) atoms. The molecule has 3 atom stereocenters. The first-order valence-electron chi connectivity index (χ1n) is 4.94. The Morgan fingerprint density at radius 2 is 2.35 bits per heavy atom. The molecular formula is C9H11IN2O5. The number of hydrogen-bond donors (Lipinski definition) is 3. The molecule has 1 saturated heterocycles. The molecule has 0 unspecified atom stereocenters. The number of alkyl halides is 1. The molecule has 1 aromatic heterocycles. The average molecular weight is 351 g/mol. The Kier molecular flexibility index (Phi) is 3.39. The molecule has 1 fully saturated rings. The predicted octanol–water partition coefficient (Wildman–Crippen LogP) is -1.28. The number of aromatic nitrogens is 2. The quantitative estimate of drug-likeness (QED) is 0.455. The minimum Gasteiger partial charge on any atom is -0.394 e. The van der Waals surface area contributed by atoms with Gasteiger partial charge in [-0.15, -0.1) is 0 Å². The number of hydrogen-bond acceptors (Lipinski definition) is 5. The molecule has 2 rings (SSSR count). The maximum Gasteiger partial charge on any atom is 0.331 e. The SMILES string of the molecule is O=c1ccn([C@@]2([124I])C[C@H](O)[C@@H](CO)O2)c(=O)[nH]1. The van der Waals surface area contributed by atoms with Crippen molar-refractivity contribution >= 4 is 22.6 Å². The highest BCUT2D eigenvalue weighted by Crippen LogP contribution is 2.39. The van der Waals surface area contributed by atoms with Crippen LogP contribution >= 0.6 is 22.6 Å². The van der Waals surface area contributed by atoms with Gasteiger partial charge in [0.1, 0.15) is 6.10 Å². The first-order valence-corrected chi connectivity index (χ1v) is 6.02. The molecule has 94 valence electrons. The molecule has 7 nitrogen and oxygen atoms in total. The van der Waals surface area contributed by atoms with Crippen molar-refractivity contribution < 1.29 is 14.9 Å². The number of nitrogens with one attached hydrogen (secondary N) is 1. The zero-order valence-corrected chi connectivity index (χ0v) is 10.8. The maximum absolute atomic E-state index is 11.6. The highest BCUT2D eigenvalue weighted by Gasteiger charge is 2.45. The molecule has 0 amide bonds. The fourth-order valence-electron chi connectivity index (χ4n) is 1.74. The van der Waals surface area contributed by atoms with Crippen molar-refractivity contribution in [2.75, 3.05) is 6.61 Å². The number of rotatable bonds is 2. The first-order chi connectivity index (χ1) is 7.96. The summed E-state index contributed by atoms with van der Waals surface area (Å²) in [5.74, 6) is 0. The predicted molar refractivity (Wildman–Crippen MR) is 65.9 cm³/mol. The van der Waals surface area contributed by atoms with Crippen LogP contribution in [0.1, 0.15) is 6.42 Å². The van der Waals surface area contributed by atoms with E-state index in [1.165, 1.54) is 16.8 Å². The second kappa shape index (κ2) is 4.52. The Bertz CT molecular complexity index is 527. The van der Waals surface area contributed by atoms with Crippen LogP contribution in [0.3, 0.4) is 0 Å². The fourth-order valence-corrected chi connectivity index (χ4v) is 2.90. The van der Waals surface area contributed by atoms with Crippen molar-refractivity contribution in [2.24, 2.45) is 0 Å². The van der Waals surface area contributed by atoms with Gasteiger partial charge in [-0.05, 0) is 22.6 Å². The van der Waals surface area contributed by atoms with Crippen LogP contribution in [0.5, 0.6) is 0 Å². The molecule has 0 aliphatic carbocycles. The van der Waals surface area contributed by atoms with Gasteiger partial charge in [-0.25, -0.2) is 4.79 Å². The standard InChI is InChI=1S/C9H11IN2O5/c10-9(3-5(14)6(4-13)17-9)12-2-1-7(15)11-8(12)16/h1-2,5-6,13-14H,3-4H2,(H,11,15,16)/t5-,6+,9-/m0/s1/i10-3. The minimum absolute atomic E-state index is 0.157. The van der Waals surface area contributed by atoms with Crippen LogP contribution < -0.4 is 11.2 Å². The lowest BCUT2D eigenvalue weighted by Gasteiger charge is -2.24. The van der Waals surface area contributed by atoms with Crippen molar-refractivity contribution in [2.45, 2.75) is 22.4 Å². The molecule has 1 aliphatic rings. The second-order valence-electron chi connectivity index (χ2n) is 3.78. The lowest BCUT2D eigenvalue weighted by atomic mass is 10.2. The zero-order valence-electron chi connectivity index (χ0n) is 8.67. The van der Waals surface area contributed by atoms with Crippen molar-refractivity contribution in [1.82, 2.24) is 9.55 Å². The van der Waals surface area contributed by atoms with Gasteiger partial charge in [-0.1, -0.05) is 0 Å². The number of aliphatic hydroxyl groups is 2. The molecule has 8 heteroatoms. The lowest BCUT2D eigenvalue weighted by molar-refractivity contribution is -0.0554. The van der Waals surface area contributed by atoms with E-state index in [2.05, 4.69) is 4.98 Å². The van der Waals surface area contributed by atoms with Gasteiger partial charge in [0.05, 0.1) is 12.7 Å². The number of H-pyrrole nitrogens is 1. The monoisotopic (exact) mass is 351 g/mol. The van der Waals surface area contributed by atoms with Gasteiger partial charge in [0.15, 0.2) is 0 Å². The Balaban J connectivity index is 2.40. The Labute approximate surface area is 109 Å². The normalized spacial score (nSPS) is 32.9. The largest absolute Gasteiger partial charge is 0.394 e. The van der Waals surface area contributed by atoms with Crippen LogP contribution in [-0.4, -0.2) is 38.6 Å². The first kappa shape index (κ1) is 12.7. The summed E-state index contributed by atoms with van der Waals surface area (Å²) in [4.78, 5) is 24.7. The van der Waals surface area contributed by atoms with Crippen LogP contribution in [0.4, 0.5) is 0 Å². The van der Waals surface area contributed by atoms with Gasteiger partial charge in [-0.3, -0.25) is 14.3 Å². The highest BCUT2D eigenvalue weighted by atomic mass is 124. The van der Waals surface area contributed by atoms with E-state index in [0.717, 1.165) is 0 Å². The summed E-state index contributed by atoms with van der Waals surface area (Å²) in [7, 11) is 0. The smallest absolute Gasteiger partial charge is 0.331 e. The molecule has 0 radical (unpaired) electrons. The number of aliphatic hydroxyl groups excluding tert-OH is 2. The summed E-state index contributed by atoms with van der Waals surface area (Å²) in [5.41, 5.74) is -1.11. The Hall–Kier alpha value is -0.710. The van der Waals surface area contributed by atoms with E-state index in [-0.39, 0.29) is 13.0 Å². The van der Waals surface area contributed by atoms with Crippen molar-refractivity contribution in [1.29, 1.82) is 0 Å². The van der Waals surface area contributed by atoms with E-state index >= 15 is 0 Å². The molecule has 2 heterocycles. The summed E-state index contributed by atoms with van der Waals surface area (Å²) in [5, 5.41) is 18.6. The molecule has 0 aromatic carbocycles. The third-order valence-electron chi connectivity index (χ3n) is 2.59. The van der Waals surface area contributed by atoms with Crippen LogP contribution in [0, 0.1) is 0 Å².